The number of anilines is 1. The van der Waals surface area contributed by atoms with Crippen LogP contribution in [0.5, 0.6) is 0 Å². The Morgan fingerprint density at radius 2 is 1.92 bits per heavy atom. The number of esters is 1. The summed E-state index contributed by atoms with van der Waals surface area (Å²) in [5.41, 5.74) is 2.33. The summed E-state index contributed by atoms with van der Waals surface area (Å²) in [6.07, 6.45) is 0. The third-order valence-electron chi connectivity index (χ3n) is 3.84. The number of nitrogens with zero attached hydrogens (tertiary/aromatic N) is 1. The Hall–Kier alpha value is -2.22. The lowest BCUT2D eigenvalue weighted by molar-refractivity contribution is -0.119. The van der Waals surface area contributed by atoms with Gasteiger partial charge in [0.05, 0.1) is 18.8 Å². The predicted molar refractivity (Wildman–Crippen MR) is 95.8 cm³/mol. The van der Waals surface area contributed by atoms with E-state index in [1.807, 2.05) is 24.3 Å². The molecular weight excluding hydrogens is 340 g/mol. The topological polar surface area (TPSA) is 67.9 Å². The Kier molecular flexibility index (Phi) is 6.16. The highest BCUT2D eigenvalue weighted by Crippen LogP contribution is 2.13. The molecule has 0 unspecified atom stereocenters. The summed E-state index contributed by atoms with van der Waals surface area (Å²) in [4.78, 5) is 25.9. The van der Waals surface area contributed by atoms with Crippen LogP contribution in [-0.4, -0.2) is 49.7 Å². The summed E-state index contributed by atoms with van der Waals surface area (Å²) in [6.45, 7) is 4.00. The first-order valence-electron chi connectivity index (χ1n) is 8.09. The van der Waals surface area contributed by atoms with Crippen LogP contribution >= 0.6 is 11.3 Å². The molecule has 6 nitrogen and oxygen atoms in total. The highest BCUT2D eigenvalue weighted by atomic mass is 32.1. The van der Waals surface area contributed by atoms with Crippen LogP contribution in [0, 0.1) is 0 Å². The van der Waals surface area contributed by atoms with E-state index in [9.17, 15) is 9.59 Å². The lowest BCUT2D eigenvalue weighted by atomic mass is 10.2. The molecule has 1 amide bonds. The Labute approximate surface area is 150 Å². The fourth-order valence-corrected chi connectivity index (χ4v) is 3.13. The van der Waals surface area contributed by atoms with Gasteiger partial charge in [0.2, 0.25) is 0 Å². The number of carbonyl (C=O) groups is 2. The van der Waals surface area contributed by atoms with Crippen molar-refractivity contribution in [2.24, 2.45) is 0 Å². The van der Waals surface area contributed by atoms with Crippen LogP contribution in [0.15, 0.2) is 41.1 Å². The maximum Gasteiger partial charge on any atom is 0.339 e. The Balaban J connectivity index is 1.44. The number of ether oxygens (including phenoxy) is 2. The molecule has 0 saturated carbocycles. The van der Waals surface area contributed by atoms with Gasteiger partial charge >= 0.3 is 5.97 Å². The van der Waals surface area contributed by atoms with Crippen molar-refractivity contribution in [3.8, 4) is 0 Å². The fourth-order valence-electron chi connectivity index (χ4n) is 2.50. The maximum atomic E-state index is 11.9. The summed E-state index contributed by atoms with van der Waals surface area (Å²) in [5, 5.41) is 6.20. The first-order chi connectivity index (χ1) is 12.2. The summed E-state index contributed by atoms with van der Waals surface area (Å²) in [7, 11) is 0. The van der Waals surface area contributed by atoms with Gasteiger partial charge in [0.25, 0.3) is 5.91 Å². The molecule has 2 heterocycles. The standard InChI is InChI=1S/C18H20N2O4S/c21-17(12-24-18(22)15-5-10-25-13-15)19-16-3-1-14(2-4-16)11-20-6-8-23-9-7-20/h1-5,10,13H,6-9,11-12H2,(H,19,21). The summed E-state index contributed by atoms with van der Waals surface area (Å²) in [6, 6.07) is 9.35. The molecule has 7 heteroatoms. The Bertz CT molecular complexity index is 694. The average Bonchev–Trinajstić information content (AvgIpc) is 3.17. The lowest BCUT2D eigenvalue weighted by Crippen LogP contribution is -2.35. The second-order valence-electron chi connectivity index (χ2n) is 5.72. The zero-order valence-corrected chi connectivity index (χ0v) is 14.6. The minimum absolute atomic E-state index is 0.301. The summed E-state index contributed by atoms with van der Waals surface area (Å²) < 4.78 is 10.3. The molecule has 0 spiro atoms. The van der Waals surface area contributed by atoms with E-state index < -0.39 is 5.97 Å². The molecular formula is C18H20N2O4S. The van der Waals surface area contributed by atoms with Crippen molar-refractivity contribution in [3.05, 3.63) is 52.2 Å². The van der Waals surface area contributed by atoms with Gasteiger partial charge in [0.15, 0.2) is 6.61 Å². The number of hydrogen-bond donors (Lipinski definition) is 1. The van der Waals surface area contributed by atoms with Crippen LogP contribution in [0.4, 0.5) is 5.69 Å². The third-order valence-corrected chi connectivity index (χ3v) is 4.52. The quantitative estimate of drug-likeness (QED) is 0.801. The number of amides is 1. The van der Waals surface area contributed by atoms with E-state index >= 15 is 0 Å². The molecule has 1 aliphatic heterocycles. The first kappa shape index (κ1) is 17.6. The third kappa shape index (κ3) is 5.38. The maximum absolute atomic E-state index is 11.9. The second kappa shape index (κ2) is 8.75. The van der Waals surface area contributed by atoms with Crippen LogP contribution in [0.25, 0.3) is 0 Å². The molecule has 25 heavy (non-hydrogen) atoms. The smallest absolute Gasteiger partial charge is 0.339 e. The molecule has 0 atom stereocenters. The first-order valence-corrected chi connectivity index (χ1v) is 9.03. The zero-order valence-electron chi connectivity index (χ0n) is 13.8. The SMILES string of the molecule is O=C(COC(=O)c1ccsc1)Nc1ccc(CN2CCOCC2)cc1. The van der Waals surface area contributed by atoms with E-state index in [2.05, 4.69) is 10.2 Å². The van der Waals surface area contributed by atoms with Crippen molar-refractivity contribution in [2.75, 3.05) is 38.2 Å². The van der Waals surface area contributed by atoms with Gasteiger partial charge in [-0.15, -0.1) is 0 Å². The van der Waals surface area contributed by atoms with E-state index in [-0.39, 0.29) is 12.5 Å². The van der Waals surface area contributed by atoms with Crippen LogP contribution in [-0.2, 0) is 20.8 Å². The van der Waals surface area contributed by atoms with E-state index in [0.717, 1.165) is 32.8 Å². The summed E-state index contributed by atoms with van der Waals surface area (Å²) >= 11 is 1.41. The van der Waals surface area contributed by atoms with Gasteiger partial charge < -0.3 is 14.8 Å². The highest BCUT2D eigenvalue weighted by molar-refractivity contribution is 7.08. The number of thiophene rings is 1. The van der Waals surface area contributed by atoms with Crippen LogP contribution in [0.1, 0.15) is 15.9 Å². The minimum Gasteiger partial charge on any atom is -0.452 e. The molecule has 1 aromatic carbocycles. The average molecular weight is 360 g/mol. The molecule has 1 saturated heterocycles. The van der Waals surface area contributed by atoms with Crippen molar-refractivity contribution in [2.45, 2.75) is 6.54 Å². The van der Waals surface area contributed by atoms with Crippen LogP contribution < -0.4 is 5.32 Å². The van der Waals surface area contributed by atoms with Gasteiger partial charge in [-0.3, -0.25) is 9.69 Å². The molecule has 1 aliphatic rings. The van der Waals surface area contributed by atoms with E-state index in [0.29, 0.717) is 11.3 Å². The molecule has 132 valence electrons. The second-order valence-corrected chi connectivity index (χ2v) is 6.50. The van der Waals surface area contributed by atoms with E-state index in [1.165, 1.54) is 16.9 Å². The van der Waals surface area contributed by atoms with Crippen LogP contribution in [0.2, 0.25) is 0 Å². The number of hydrogen-bond acceptors (Lipinski definition) is 6. The normalized spacial score (nSPS) is 14.9. The minimum atomic E-state index is -0.489. The Morgan fingerprint density at radius 1 is 1.16 bits per heavy atom. The van der Waals surface area contributed by atoms with E-state index in [4.69, 9.17) is 9.47 Å². The molecule has 1 aromatic heterocycles. The van der Waals surface area contributed by atoms with E-state index in [1.54, 1.807) is 16.8 Å². The molecule has 3 rings (SSSR count). The fraction of sp³-hybridized carbons (Fsp3) is 0.333. The van der Waals surface area contributed by atoms with Crippen LogP contribution in [0.3, 0.4) is 0 Å². The van der Waals surface area contributed by atoms with Crippen molar-refractivity contribution in [3.63, 3.8) is 0 Å². The highest BCUT2D eigenvalue weighted by Gasteiger charge is 2.12. The number of rotatable bonds is 6. The van der Waals surface area contributed by atoms with Gasteiger partial charge in [-0.2, -0.15) is 11.3 Å². The lowest BCUT2D eigenvalue weighted by Gasteiger charge is -2.26. The number of carbonyl (C=O) groups excluding carboxylic acids is 2. The van der Waals surface area contributed by atoms with Crippen molar-refractivity contribution >= 4 is 28.9 Å². The number of nitrogens with one attached hydrogen (secondary N) is 1. The van der Waals surface area contributed by atoms with Gasteiger partial charge in [-0.25, -0.2) is 4.79 Å². The number of morpholine rings is 1. The molecule has 0 aliphatic carbocycles. The van der Waals surface area contributed by atoms with Crippen molar-refractivity contribution < 1.29 is 19.1 Å². The molecule has 1 fully saturated rings. The molecule has 0 radical (unpaired) electrons. The Morgan fingerprint density at radius 3 is 2.60 bits per heavy atom. The van der Waals surface area contributed by atoms with Gasteiger partial charge in [-0.1, -0.05) is 12.1 Å². The van der Waals surface area contributed by atoms with Gasteiger partial charge in [0, 0.05) is 30.7 Å². The monoisotopic (exact) mass is 360 g/mol. The van der Waals surface area contributed by atoms with Crippen molar-refractivity contribution in [1.29, 1.82) is 0 Å². The zero-order chi connectivity index (χ0) is 17.5. The van der Waals surface area contributed by atoms with Gasteiger partial charge in [-0.05, 0) is 29.1 Å². The molecule has 0 bridgehead atoms. The molecule has 2 aromatic rings. The largest absolute Gasteiger partial charge is 0.452 e. The summed E-state index contributed by atoms with van der Waals surface area (Å²) in [5.74, 6) is -0.846. The predicted octanol–water partition coefficient (Wildman–Crippen LogP) is 2.38. The van der Waals surface area contributed by atoms with Gasteiger partial charge in [0.1, 0.15) is 0 Å². The van der Waals surface area contributed by atoms with Crippen molar-refractivity contribution in [1.82, 2.24) is 4.90 Å². The molecule has 1 N–H and O–H groups in total. The number of benzene rings is 1.